The lowest BCUT2D eigenvalue weighted by Gasteiger charge is -2.25. The van der Waals surface area contributed by atoms with E-state index in [4.69, 9.17) is 0 Å². The van der Waals surface area contributed by atoms with Gasteiger partial charge in [-0.15, -0.1) is 0 Å². The number of hydrogen-bond acceptors (Lipinski definition) is 3. The molecule has 0 aliphatic rings. The van der Waals surface area contributed by atoms with E-state index in [-0.39, 0.29) is 18.9 Å². The first-order chi connectivity index (χ1) is 11.8. The van der Waals surface area contributed by atoms with Crippen LogP contribution in [-0.2, 0) is 14.8 Å². The van der Waals surface area contributed by atoms with Gasteiger partial charge in [0.25, 0.3) is 0 Å². The van der Waals surface area contributed by atoms with Crippen molar-refractivity contribution in [2.75, 3.05) is 28.6 Å². The molecule has 2 aromatic rings. The lowest BCUT2D eigenvalue weighted by atomic mass is 10.2. The predicted octanol–water partition coefficient (Wildman–Crippen LogP) is 3.03. The Labute approximate surface area is 147 Å². The van der Waals surface area contributed by atoms with E-state index in [1.165, 1.54) is 24.3 Å². The molecule has 0 radical (unpaired) electrons. The minimum Gasteiger partial charge on any atom is -0.313 e. The highest BCUT2D eigenvalue weighted by Gasteiger charge is 2.21. The molecule has 2 aromatic carbocycles. The molecule has 2 rings (SSSR count). The van der Waals surface area contributed by atoms with Gasteiger partial charge in [-0.2, -0.15) is 0 Å². The first kappa shape index (κ1) is 18.9. The molecule has 134 valence electrons. The number of carbonyl (C=O) groups excluding carboxylic acids is 1. The van der Waals surface area contributed by atoms with Crippen LogP contribution >= 0.6 is 0 Å². The summed E-state index contributed by atoms with van der Waals surface area (Å²) in [6.07, 6.45) is 1.09. The van der Waals surface area contributed by atoms with Gasteiger partial charge < -0.3 is 4.90 Å². The van der Waals surface area contributed by atoms with Crippen molar-refractivity contribution in [1.82, 2.24) is 0 Å². The summed E-state index contributed by atoms with van der Waals surface area (Å²) in [7, 11) is -3.58. The highest BCUT2D eigenvalue weighted by Crippen LogP contribution is 2.20. The summed E-state index contributed by atoms with van der Waals surface area (Å²) in [6.45, 7) is 2.34. The maximum atomic E-state index is 13.1. The number of hydrogen-bond donors (Lipinski definition) is 0. The average Bonchev–Trinajstić information content (AvgIpc) is 2.57. The first-order valence-corrected chi connectivity index (χ1v) is 9.76. The maximum Gasteiger partial charge on any atom is 0.232 e. The van der Waals surface area contributed by atoms with Gasteiger partial charge in [-0.1, -0.05) is 18.2 Å². The van der Waals surface area contributed by atoms with Crippen LogP contribution < -0.4 is 9.21 Å². The Hall–Kier alpha value is -2.41. The number of nitrogens with zero attached hydrogens (tertiary/aromatic N) is 2. The van der Waals surface area contributed by atoms with Gasteiger partial charge in [0.2, 0.25) is 15.9 Å². The number of halogens is 1. The standard InChI is InChI=1S/C18H21FN2O3S/c1-3-20(16-7-5-4-6-8-16)18(22)13-14-21(25(2,23)24)17-11-9-15(19)10-12-17/h4-12H,3,13-14H2,1-2H3. The van der Waals surface area contributed by atoms with Crippen LogP contribution in [0, 0.1) is 5.82 Å². The number of amides is 1. The normalized spacial score (nSPS) is 11.2. The lowest BCUT2D eigenvalue weighted by Crippen LogP contribution is -2.36. The van der Waals surface area contributed by atoms with Gasteiger partial charge in [0.15, 0.2) is 0 Å². The van der Waals surface area contributed by atoms with Crippen LogP contribution in [0.5, 0.6) is 0 Å². The molecule has 7 heteroatoms. The zero-order valence-corrected chi connectivity index (χ0v) is 15.0. The van der Waals surface area contributed by atoms with E-state index in [1.807, 2.05) is 37.3 Å². The van der Waals surface area contributed by atoms with E-state index in [0.717, 1.165) is 16.2 Å². The van der Waals surface area contributed by atoms with E-state index in [1.54, 1.807) is 4.90 Å². The molecule has 0 spiro atoms. The molecule has 0 aromatic heterocycles. The van der Waals surface area contributed by atoms with Crippen molar-refractivity contribution in [3.05, 3.63) is 60.4 Å². The molecular weight excluding hydrogens is 343 g/mol. The van der Waals surface area contributed by atoms with Crippen molar-refractivity contribution in [3.63, 3.8) is 0 Å². The van der Waals surface area contributed by atoms with Crippen molar-refractivity contribution in [2.45, 2.75) is 13.3 Å². The van der Waals surface area contributed by atoms with Gasteiger partial charge in [-0.05, 0) is 43.3 Å². The van der Waals surface area contributed by atoms with Crippen LogP contribution in [0.4, 0.5) is 15.8 Å². The maximum absolute atomic E-state index is 13.1. The van der Waals surface area contributed by atoms with E-state index in [2.05, 4.69) is 0 Å². The minimum atomic E-state index is -3.58. The zero-order chi connectivity index (χ0) is 18.4. The topological polar surface area (TPSA) is 57.7 Å². The number of sulfonamides is 1. The summed E-state index contributed by atoms with van der Waals surface area (Å²) < 4.78 is 38.3. The fraction of sp³-hybridized carbons (Fsp3) is 0.278. The molecule has 5 nitrogen and oxygen atoms in total. The van der Waals surface area contributed by atoms with Crippen LogP contribution in [0.3, 0.4) is 0 Å². The molecule has 0 saturated heterocycles. The molecule has 0 atom stereocenters. The summed E-state index contributed by atoms with van der Waals surface area (Å²) in [4.78, 5) is 14.1. The number of carbonyl (C=O) groups is 1. The molecule has 0 aliphatic carbocycles. The van der Waals surface area contributed by atoms with Crippen molar-refractivity contribution in [2.24, 2.45) is 0 Å². The third kappa shape index (κ3) is 5.03. The van der Waals surface area contributed by atoms with Gasteiger partial charge in [-0.3, -0.25) is 9.10 Å². The van der Waals surface area contributed by atoms with Gasteiger partial charge in [0, 0.05) is 25.2 Å². The Bertz CT molecular complexity index is 808. The Morgan fingerprint density at radius 3 is 2.12 bits per heavy atom. The summed E-state index contributed by atoms with van der Waals surface area (Å²) in [5.74, 6) is -0.626. The monoisotopic (exact) mass is 364 g/mol. The van der Waals surface area contributed by atoms with Crippen LogP contribution in [0.25, 0.3) is 0 Å². The minimum absolute atomic E-state index is 0.00731. The summed E-state index contributed by atoms with van der Waals surface area (Å²) in [5.41, 5.74) is 1.10. The van der Waals surface area contributed by atoms with Gasteiger partial charge in [0.05, 0.1) is 11.9 Å². The molecule has 1 amide bonds. The summed E-state index contributed by atoms with van der Waals surface area (Å²) >= 11 is 0. The number of anilines is 2. The molecule has 0 aliphatic heterocycles. The van der Waals surface area contributed by atoms with Crippen LogP contribution in [-0.4, -0.2) is 33.7 Å². The SMILES string of the molecule is CCN(C(=O)CCN(c1ccc(F)cc1)S(C)(=O)=O)c1ccccc1. The zero-order valence-electron chi connectivity index (χ0n) is 14.2. The highest BCUT2D eigenvalue weighted by molar-refractivity contribution is 7.92. The Kier molecular flexibility index (Phi) is 6.14. The fourth-order valence-electron chi connectivity index (χ4n) is 2.54. The summed E-state index contributed by atoms with van der Waals surface area (Å²) in [6, 6.07) is 14.4. The van der Waals surface area contributed by atoms with Crippen molar-refractivity contribution < 1.29 is 17.6 Å². The molecule has 0 fully saturated rings. The Morgan fingerprint density at radius 1 is 1.00 bits per heavy atom. The Balaban J connectivity index is 2.15. The largest absolute Gasteiger partial charge is 0.313 e. The first-order valence-electron chi connectivity index (χ1n) is 7.91. The molecule has 0 heterocycles. The second-order valence-electron chi connectivity index (χ2n) is 5.54. The Morgan fingerprint density at radius 2 is 1.60 bits per heavy atom. The van der Waals surface area contributed by atoms with Crippen molar-refractivity contribution in [1.29, 1.82) is 0 Å². The molecule has 0 N–H and O–H groups in total. The van der Waals surface area contributed by atoms with Crippen molar-refractivity contribution >= 4 is 27.3 Å². The van der Waals surface area contributed by atoms with E-state index in [9.17, 15) is 17.6 Å². The highest BCUT2D eigenvalue weighted by atomic mass is 32.2. The number of rotatable bonds is 7. The van der Waals surface area contributed by atoms with E-state index < -0.39 is 15.8 Å². The van der Waals surface area contributed by atoms with E-state index in [0.29, 0.717) is 12.2 Å². The quantitative estimate of drug-likeness (QED) is 0.759. The van der Waals surface area contributed by atoms with Crippen molar-refractivity contribution in [3.8, 4) is 0 Å². The summed E-state index contributed by atoms with van der Waals surface area (Å²) in [5, 5.41) is 0. The fourth-order valence-corrected chi connectivity index (χ4v) is 3.46. The molecule has 25 heavy (non-hydrogen) atoms. The average molecular weight is 364 g/mol. The molecule has 0 unspecified atom stereocenters. The second-order valence-corrected chi connectivity index (χ2v) is 7.44. The molecule has 0 saturated carbocycles. The third-order valence-corrected chi connectivity index (χ3v) is 4.92. The van der Waals surface area contributed by atoms with Crippen LogP contribution in [0.15, 0.2) is 54.6 Å². The van der Waals surface area contributed by atoms with Gasteiger partial charge in [-0.25, -0.2) is 12.8 Å². The molecular formula is C18H21FN2O3S. The van der Waals surface area contributed by atoms with Crippen LogP contribution in [0.2, 0.25) is 0 Å². The third-order valence-electron chi connectivity index (χ3n) is 3.73. The van der Waals surface area contributed by atoms with Crippen LogP contribution in [0.1, 0.15) is 13.3 Å². The smallest absolute Gasteiger partial charge is 0.232 e. The van der Waals surface area contributed by atoms with Gasteiger partial charge >= 0.3 is 0 Å². The second kappa shape index (κ2) is 8.11. The lowest BCUT2D eigenvalue weighted by molar-refractivity contribution is -0.118. The van der Waals surface area contributed by atoms with E-state index >= 15 is 0 Å². The number of para-hydroxylation sites is 1. The molecule has 0 bridgehead atoms. The predicted molar refractivity (Wildman–Crippen MR) is 97.7 cm³/mol. The van der Waals surface area contributed by atoms with Gasteiger partial charge in [0.1, 0.15) is 5.82 Å². The number of benzene rings is 2.